The minimum absolute atomic E-state index is 0.0634. The lowest BCUT2D eigenvalue weighted by atomic mass is 10.0. The summed E-state index contributed by atoms with van der Waals surface area (Å²) in [5, 5.41) is 0. The lowest BCUT2D eigenvalue weighted by Gasteiger charge is -2.04. The van der Waals surface area contributed by atoms with Crippen molar-refractivity contribution in [3.05, 3.63) is 12.2 Å². The van der Waals surface area contributed by atoms with E-state index in [-0.39, 0.29) is 5.97 Å². The topological polar surface area (TPSA) is 26.3 Å². The minimum atomic E-state index is -0.0634. The number of esters is 1. The number of ether oxygens (including phenoxy) is 1. The summed E-state index contributed by atoms with van der Waals surface area (Å²) >= 11 is 4.02. The number of thiol groups is 1. The molecule has 0 aliphatic rings. The molecule has 0 radical (unpaired) electrons. The molecular weight excluding hydrogens is 328 g/mol. The fourth-order valence-electron chi connectivity index (χ4n) is 2.99. The quantitative estimate of drug-likeness (QED) is 0.112. The summed E-state index contributed by atoms with van der Waals surface area (Å²) < 4.78 is 5.00. The van der Waals surface area contributed by atoms with Crippen molar-refractivity contribution in [3.8, 4) is 0 Å². The molecule has 0 heterocycles. The third kappa shape index (κ3) is 21.5. The molecule has 0 rings (SSSR count). The van der Waals surface area contributed by atoms with Crippen LogP contribution in [0.2, 0.25) is 0 Å². The van der Waals surface area contributed by atoms with Gasteiger partial charge in [0, 0.05) is 12.2 Å². The van der Waals surface area contributed by atoms with Gasteiger partial charge >= 0.3 is 5.97 Å². The van der Waals surface area contributed by atoms with E-state index >= 15 is 0 Å². The van der Waals surface area contributed by atoms with Crippen LogP contribution in [0.5, 0.6) is 0 Å². The van der Waals surface area contributed by atoms with Gasteiger partial charge in [-0.05, 0) is 25.7 Å². The Morgan fingerprint density at radius 1 is 0.760 bits per heavy atom. The van der Waals surface area contributed by atoms with Gasteiger partial charge in [-0.15, -0.1) is 0 Å². The summed E-state index contributed by atoms with van der Waals surface area (Å²) in [5.74, 6) is 0.550. The van der Waals surface area contributed by atoms with Crippen molar-refractivity contribution >= 4 is 18.6 Å². The van der Waals surface area contributed by atoms with Crippen molar-refractivity contribution in [1.29, 1.82) is 0 Å². The Labute approximate surface area is 162 Å². The molecule has 25 heavy (non-hydrogen) atoms. The molecule has 0 aromatic rings. The predicted molar refractivity (Wildman–Crippen MR) is 113 cm³/mol. The van der Waals surface area contributed by atoms with Crippen molar-refractivity contribution < 1.29 is 9.53 Å². The van der Waals surface area contributed by atoms with Crippen LogP contribution in [0.1, 0.15) is 110 Å². The third-order valence-corrected chi connectivity index (χ3v) is 4.69. The number of hydrogen-bond acceptors (Lipinski definition) is 3. The average molecular weight is 371 g/mol. The lowest BCUT2D eigenvalue weighted by Crippen LogP contribution is -2.06. The van der Waals surface area contributed by atoms with Gasteiger partial charge in [0.25, 0.3) is 0 Å². The highest BCUT2D eigenvalue weighted by Crippen LogP contribution is 2.13. The van der Waals surface area contributed by atoms with Crippen LogP contribution in [0.3, 0.4) is 0 Å². The SMILES string of the molecule is CC/C=C/CCCCCCCCCCCCCCCC(=O)OCCS. The Bertz CT molecular complexity index is 302. The standard InChI is InChI=1S/C22H42O2S/c1-2-3-4-5-6-7-8-9-10-11-12-13-14-15-16-17-18-19-22(23)24-20-21-25/h3-4,25H,2,5-21H2,1H3/b4-3+. The highest BCUT2D eigenvalue weighted by molar-refractivity contribution is 7.80. The van der Waals surface area contributed by atoms with Gasteiger partial charge in [0.2, 0.25) is 0 Å². The van der Waals surface area contributed by atoms with Crippen LogP contribution in [-0.4, -0.2) is 18.3 Å². The Balaban J connectivity index is 3.07. The lowest BCUT2D eigenvalue weighted by molar-refractivity contribution is -0.143. The number of carbonyl (C=O) groups is 1. The first kappa shape index (κ1) is 24.6. The second-order valence-electron chi connectivity index (χ2n) is 6.96. The summed E-state index contributed by atoms with van der Waals surface area (Å²) in [7, 11) is 0. The Hall–Kier alpha value is -0.440. The van der Waals surface area contributed by atoms with Gasteiger partial charge in [-0.1, -0.05) is 89.7 Å². The summed E-state index contributed by atoms with van der Waals surface area (Å²) in [4.78, 5) is 11.3. The highest BCUT2D eigenvalue weighted by Gasteiger charge is 2.01. The molecule has 2 nitrogen and oxygen atoms in total. The van der Waals surface area contributed by atoms with Crippen molar-refractivity contribution in [3.63, 3.8) is 0 Å². The van der Waals surface area contributed by atoms with Crippen LogP contribution >= 0.6 is 12.6 Å². The second-order valence-corrected chi connectivity index (χ2v) is 7.41. The maximum absolute atomic E-state index is 11.3. The molecule has 0 saturated heterocycles. The Morgan fingerprint density at radius 3 is 1.72 bits per heavy atom. The largest absolute Gasteiger partial charge is 0.465 e. The molecule has 0 amide bonds. The molecule has 0 fully saturated rings. The zero-order chi connectivity index (χ0) is 18.4. The van der Waals surface area contributed by atoms with Crippen molar-refractivity contribution in [1.82, 2.24) is 0 Å². The molecule has 0 aliphatic carbocycles. The maximum atomic E-state index is 11.3. The van der Waals surface area contributed by atoms with Crippen molar-refractivity contribution in [2.45, 2.75) is 110 Å². The molecular formula is C22H42O2S. The summed E-state index contributed by atoms with van der Waals surface area (Å²) in [6.07, 6.45) is 24.9. The Kier molecular flexibility index (Phi) is 21.2. The van der Waals surface area contributed by atoms with Gasteiger partial charge in [-0.2, -0.15) is 12.6 Å². The number of hydrogen-bond donors (Lipinski definition) is 1. The zero-order valence-electron chi connectivity index (χ0n) is 16.6. The molecule has 0 atom stereocenters. The summed E-state index contributed by atoms with van der Waals surface area (Å²) in [6, 6.07) is 0. The number of allylic oxidation sites excluding steroid dienone is 2. The van der Waals surface area contributed by atoms with E-state index in [1.807, 2.05) is 0 Å². The van der Waals surface area contributed by atoms with Gasteiger partial charge in [0.05, 0.1) is 0 Å². The van der Waals surface area contributed by atoms with E-state index in [1.165, 1.54) is 83.5 Å². The molecule has 3 heteroatoms. The van der Waals surface area contributed by atoms with Crippen LogP contribution in [0.25, 0.3) is 0 Å². The van der Waals surface area contributed by atoms with Crippen molar-refractivity contribution in [2.24, 2.45) is 0 Å². The first-order valence-electron chi connectivity index (χ1n) is 10.7. The summed E-state index contributed by atoms with van der Waals surface area (Å²) in [6.45, 7) is 2.64. The van der Waals surface area contributed by atoms with E-state index in [0.29, 0.717) is 18.8 Å². The maximum Gasteiger partial charge on any atom is 0.305 e. The van der Waals surface area contributed by atoms with E-state index in [9.17, 15) is 4.79 Å². The van der Waals surface area contributed by atoms with Gasteiger partial charge < -0.3 is 4.74 Å². The van der Waals surface area contributed by atoms with Crippen molar-refractivity contribution in [2.75, 3.05) is 12.4 Å². The van der Waals surface area contributed by atoms with Crippen LogP contribution in [0.15, 0.2) is 12.2 Å². The van der Waals surface area contributed by atoms with Crippen LogP contribution in [-0.2, 0) is 9.53 Å². The third-order valence-electron chi connectivity index (χ3n) is 4.51. The normalized spacial score (nSPS) is 11.3. The van der Waals surface area contributed by atoms with E-state index in [1.54, 1.807) is 0 Å². The van der Waals surface area contributed by atoms with E-state index in [2.05, 4.69) is 31.7 Å². The van der Waals surface area contributed by atoms with Gasteiger partial charge in [0.1, 0.15) is 6.61 Å². The molecule has 0 aromatic heterocycles. The predicted octanol–water partition coefficient (Wildman–Crippen LogP) is 7.28. The van der Waals surface area contributed by atoms with E-state index in [4.69, 9.17) is 4.74 Å². The Morgan fingerprint density at radius 2 is 1.24 bits per heavy atom. The molecule has 0 saturated carbocycles. The fraction of sp³-hybridized carbons (Fsp3) is 0.864. The molecule has 0 spiro atoms. The summed E-state index contributed by atoms with van der Waals surface area (Å²) in [5.41, 5.74) is 0. The zero-order valence-corrected chi connectivity index (χ0v) is 17.5. The monoisotopic (exact) mass is 370 g/mol. The van der Waals surface area contributed by atoms with Crippen LogP contribution in [0.4, 0.5) is 0 Å². The van der Waals surface area contributed by atoms with E-state index in [0.717, 1.165) is 12.8 Å². The van der Waals surface area contributed by atoms with Gasteiger partial charge in [0.15, 0.2) is 0 Å². The van der Waals surface area contributed by atoms with Gasteiger partial charge in [-0.3, -0.25) is 4.79 Å². The number of rotatable bonds is 19. The second kappa shape index (κ2) is 21.6. The highest BCUT2D eigenvalue weighted by atomic mass is 32.1. The first-order chi connectivity index (χ1) is 12.3. The molecule has 0 aliphatic heterocycles. The van der Waals surface area contributed by atoms with E-state index < -0.39 is 0 Å². The minimum Gasteiger partial charge on any atom is -0.465 e. The van der Waals surface area contributed by atoms with Crippen LogP contribution < -0.4 is 0 Å². The first-order valence-corrected chi connectivity index (χ1v) is 11.4. The number of unbranched alkanes of at least 4 members (excludes halogenated alkanes) is 13. The van der Waals surface area contributed by atoms with Crippen LogP contribution in [0, 0.1) is 0 Å². The molecule has 0 N–H and O–H groups in total. The van der Waals surface area contributed by atoms with Gasteiger partial charge in [-0.25, -0.2) is 0 Å². The smallest absolute Gasteiger partial charge is 0.305 e. The fourth-order valence-corrected chi connectivity index (χ4v) is 3.08. The molecule has 0 aromatic carbocycles. The molecule has 0 bridgehead atoms. The average Bonchev–Trinajstić information content (AvgIpc) is 2.62. The number of carbonyl (C=O) groups excluding carboxylic acids is 1. The molecule has 0 unspecified atom stereocenters. The molecule has 148 valence electrons.